The zero-order chi connectivity index (χ0) is 16.3. The Kier molecular flexibility index (Phi) is 4.41. The molecule has 2 aromatic rings. The first kappa shape index (κ1) is 15.5. The Morgan fingerprint density at radius 1 is 1.18 bits per heavy atom. The minimum absolute atomic E-state index is 0.0743. The van der Waals surface area contributed by atoms with E-state index in [2.05, 4.69) is 0 Å². The summed E-state index contributed by atoms with van der Waals surface area (Å²) in [7, 11) is 0. The molecule has 0 saturated heterocycles. The van der Waals surface area contributed by atoms with Crippen molar-refractivity contribution in [2.45, 2.75) is 6.92 Å². The molecule has 0 bridgehead atoms. The molecule has 112 valence electrons. The van der Waals surface area contributed by atoms with Gasteiger partial charge in [0.15, 0.2) is 5.78 Å². The van der Waals surface area contributed by atoms with Crippen LogP contribution in [0.2, 0.25) is 0 Å². The highest BCUT2D eigenvalue weighted by atomic mass is 19.1. The Morgan fingerprint density at radius 3 is 2.41 bits per heavy atom. The summed E-state index contributed by atoms with van der Waals surface area (Å²) in [5.74, 6) is -2.16. The lowest BCUT2D eigenvalue weighted by atomic mass is 10.1. The van der Waals surface area contributed by atoms with E-state index < -0.39 is 22.3 Å². The number of carbonyl (C=O) groups is 1. The maximum atomic E-state index is 13.4. The zero-order valence-corrected chi connectivity index (χ0v) is 11.5. The summed E-state index contributed by atoms with van der Waals surface area (Å²) < 4.78 is 26.9. The second-order valence-electron chi connectivity index (χ2n) is 4.59. The lowest BCUT2D eigenvalue weighted by Gasteiger charge is -2.01. The fourth-order valence-corrected chi connectivity index (χ4v) is 1.88. The van der Waals surface area contributed by atoms with Gasteiger partial charge < -0.3 is 0 Å². The number of nitro benzene ring substituents is 1. The van der Waals surface area contributed by atoms with Crippen LogP contribution in [0.3, 0.4) is 0 Å². The Morgan fingerprint density at radius 2 is 1.82 bits per heavy atom. The quantitative estimate of drug-likeness (QED) is 0.370. The van der Waals surface area contributed by atoms with Gasteiger partial charge in [0, 0.05) is 22.8 Å². The van der Waals surface area contributed by atoms with Crippen LogP contribution in [0.1, 0.15) is 21.5 Å². The molecule has 0 unspecified atom stereocenters. The minimum atomic E-state index is -0.793. The van der Waals surface area contributed by atoms with E-state index in [0.717, 1.165) is 30.4 Å². The van der Waals surface area contributed by atoms with Gasteiger partial charge in [0.05, 0.1) is 4.92 Å². The van der Waals surface area contributed by atoms with Crippen molar-refractivity contribution < 1.29 is 18.5 Å². The van der Waals surface area contributed by atoms with Crippen molar-refractivity contribution >= 4 is 17.5 Å². The summed E-state index contributed by atoms with van der Waals surface area (Å²) in [6, 6.07) is 7.37. The standard InChI is InChI=1S/C16H11F2NO3/c1-10-5-6-11(9-15(10)19(21)22)16(20)8-7-12-13(17)3-2-4-14(12)18/h2-9H,1H3/b8-7+. The van der Waals surface area contributed by atoms with Crippen LogP contribution in [-0.4, -0.2) is 10.7 Å². The Labute approximate surface area is 124 Å². The molecule has 0 spiro atoms. The average molecular weight is 303 g/mol. The Hall–Kier alpha value is -2.89. The van der Waals surface area contributed by atoms with Crippen LogP contribution < -0.4 is 0 Å². The summed E-state index contributed by atoms with van der Waals surface area (Å²) in [5.41, 5.74) is -0.0234. The van der Waals surface area contributed by atoms with Gasteiger partial charge in [0.1, 0.15) is 11.6 Å². The van der Waals surface area contributed by atoms with Crippen LogP contribution in [0.15, 0.2) is 42.5 Å². The molecular formula is C16H11F2NO3. The van der Waals surface area contributed by atoms with E-state index in [9.17, 15) is 23.7 Å². The number of allylic oxidation sites excluding steroid dienone is 1. The van der Waals surface area contributed by atoms with Gasteiger partial charge in [0.2, 0.25) is 0 Å². The van der Waals surface area contributed by atoms with Gasteiger partial charge in [-0.25, -0.2) is 8.78 Å². The number of halogens is 2. The molecule has 0 heterocycles. The molecule has 0 atom stereocenters. The van der Waals surface area contributed by atoms with Crippen LogP contribution in [0.4, 0.5) is 14.5 Å². The average Bonchev–Trinajstić information content (AvgIpc) is 2.46. The van der Waals surface area contributed by atoms with Crippen molar-refractivity contribution in [3.8, 4) is 0 Å². The first-order valence-electron chi connectivity index (χ1n) is 6.31. The molecule has 4 nitrogen and oxygen atoms in total. The van der Waals surface area contributed by atoms with Crippen LogP contribution >= 0.6 is 0 Å². The van der Waals surface area contributed by atoms with Gasteiger partial charge in [-0.05, 0) is 31.2 Å². The van der Waals surface area contributed by atoms with E-state index in [1.807, 2.05) is 0 Å². The molecule has 2 aromatic carbocycles. The molecular weight excluding hydrogens is 292 g/mol. The predicted molar refractivity (Wildman–Crippen MR) is 77.6 cm³/mol. The summed E-state index contributed by atoms with van der Waals surface area (Å²) in [6.07, 6.45) is 1.99. The second-order valence-corrected chi connectivity index (χ2v) is 4.59. The van der Waals surface area contributed by atoms with Gasteiger partial charge in [0.25, 0.3) is 5.69 Å². The molecule has 0 N–H and O–H groups in total. The topological polar surface area (TPSA) is 60.2 Å². The third-order valence-electron chi connectivity index (χ3n) is 3.09. The molecule has 0 aliphatic heterocycles. The molecule has 0 fully saturated rings. The first-order chi connectivity index (χ1) is 10.4. The van der Waals surface area contributed by atoms with Gasteiger partial charge >= 0.3 is 0 Å². The van der Waals surface area contributed by atoms with Crippen LogP contribution in [0.25, 0.3) is 6.08 Å². The largest absolute Gasteiger partial charge is 0.289 e. The van der Waals surface area contributed by atoms with Gasteiger partial charge in [-0.3, -0.25) is 14.9 Å². The van der Waals surface area contributed by atoms with E-state index in [1.165, 1.54) is 18.2 Å². The van der Waals surface area contributed by atoms with Gasteiger partial charge in [-0.15, -0.1) is 0 Å². The monoisotopic (exact) mass is 303 g/mol. The van der Waals surface area contributed by atoms with E-state index in [4.69, 9.17) is 0 Å². The number of aryl methyl sites for hydroxylation is 1. The zero-order valence-electron chi connectivity index (χ0n) is 11.5. The normalized spacial score (nSPS) is 10.9. The highest BCUT2D eigenvalue weighted by molar-refractivity contribution is 6.07. The maximum absolute atomic E-state index is 13.4. The van der Waals surface area contributed by atoms with Crippen molar-refractivity contribution in [2.75, 3.05) is 0 Å². The minimum Gasteiger partial charge on any atom is -0.289 e. The second kappa shape index (κ2) is 6.26. The number of hydrogen-bond acceptors (Lipinski definition) is 3. The van der Waals surface area contributed by atoms with E-state index in [1.54, 1.807) is 6.92 Å². The number of nitrogens with zero attached hydrogens (tertiary/aromatic N) is 1. The smallest absolute Gasteiger partial charge is 0.273 e. The molecule has 0 saturated carbocycles. The summed E-state index contributed by atoms with van der Waals surface area (Å²) in [5, 5.41) is 10.8. The van der Waals surface area contributed by atoms with Gasteiger partial charge in [-0.1, -0.05) is 18.2 Å². The van der Waals surface area contributed by atoms with Crippen molar-refractivity contribution in [1.82, 2.24) is 0 Å². The summed E-state index contributed by atoms with van der Waals surface area (Å²) >= 11 is 0. The maximum Gasteiger partial charge on any atom is 0.273 e. The lowest BCUT2D eigenvalue weighted by molar-refractivity contribution is -0.385. The third-order valence-corrected chi connectivity index (χ3v) is 3.09. The molecule has 0 radical (unpaired) electrons. The van der Waals surface area contributed by atoms with Crippen molar-refractivity contribution in [2.24, 2.45) is 0 Å². The Bertz CT molecular complexity index is 765. The number of nitro groups is 1. The SMILES string of the molecule is Cc1ccc(C(=O)/C=C/c2c(F)cccc2F)cc1[N+](=O)[O-]. The molecule has 0 amide bonds. The molecule has 6 heteroatoms. The van der Waals surface area contributed by atoms with Crippen molar-refractivity contribution in [1.29, 1.82) is 0 Å². The first-order valence-corrected chi connectivity index (χ1v) is 6.31. The number of ketones is 1. The van der Waals surface area contributed by atoms with E-state index in [-0.39, 0.29) is 16.8 Å². The number of carbonyl (C=O) groups excluding carboxylic acids is 1. The van der Waals surface area contributed by atoms with Crippen molar-refractivity contribution in [3.63, 3.8) is 0 Å². The molecule has 2 rings (SSSR count). The Balaban J connectivity index is 2.32. The van der Waals surface area contributed by atoms with Crippen LogP contribution in [-0.2, 0) is 0 Å². The van der Waals surface area contributed by atoms with E-state index >= 15 is 0 Å². The molecule has 0 aliphatic carbocycles. The third kappa shape index (κ3) is 3.22. The van der Waals surface area contributed by atoms with Crippen molar-refractivity contribution in [3.05, 3.63) is 80.9 Å². The highest BCUT2D eigenvalue weighted by Gasteiger charge is 2.14. The number of benzene rings is 2. The van der Waals surface area contributed by atoms with E-state index in [0.29, 0.717) is 5.56 Å². The molecule has 0 aromatic heterocycles. The summed E-state index contributed by atoms with van der Waals surface area (Å²) in [6.45, 7) is 1.55. The van der Waals surface area contributed by atoms with Crippen LogP contribution in [0, 0.1) is 28.7 Å². The van der Waals surface area contributed by atoms with Crippen LogP contribution in [0.5, 0.6) is 0 Å². The fraction of sp³-hybridized carbons (Fsp3) is 0.0625. The molecule has 22 heavy (non-hydrogen) atoms. The predicted octanol–water partition coefficient (Wildman–Crippen LogP) is 4.08. The highest BCUT2D eigenvalue weighted by Crippen LogP contribution is 2.20. The van der Waals surface area contributed by atoms with Gasteiger partial charge in [-0.2, -0.15) is 0 Å². The lowest BCUT2D eigenvalue weighted by Crippen LogP contribution is -1.99. The molecule has 0 aliphatic rings. The fourth-order valence-electron chi connectivity index (χ4n) is 1.88. The number of rotatable bonds is 4. The summed E-state index contributed by atoms with van der Waals surface area (Å²) in [4.78, 5) is 22.2. The number of hydrogen-bond donors (Lipinski definition) is 0.